The molecule has 0 radical (unpaired) electrons. The number of rotatable bonds is 3. The van der Waals surface area contributed by atoms with Crippen LogP contribution < -0.4 is 4.74 Å². The van der Waals surface area contributed by atoms with Gasteiger partial charge < -0.3 is 4.74 Å². The Morgan fingerprint density at radius 3 is 2.12 bits per heavy atom. The van der Waals surface area contributed by atoms with E-state index in [2.05, 4.69) is 0 Å². The van der Waals surface area contributed by atoms with Gasteiger partial charge in [0.25, 0.3) is 0 Å². The maximum Gasteiger partial charge on any atom is 0.308 e. The molecule has 0 bridgehead atoms. The summed E-state index contributed by atoms with van der Waals surface area (Å²) in [5, 5.41) is 0. The van der Waals surface area contributed by atoms with E-state index in [0.717, 1.165) is 13.0 Å². The molecule has 2 aromatic rings. The highest BCUT2D eigenvalue weighted by Gasteiger charge is 2.40. The van der Waals surface area contributed by atoms with E-state index in [1.807, 2.05) is 0 Å². The SMILES string of the molecule is CC(=O)Oc1c(C)ccc(C(F)(F)c2ccc(F)c(F)c2F)c1C. The van der Waals surface area contributed by atoms with Crippen LogP contribution in [0.1, 0.15) is 29.2 Å². The lowest BCUT2D eigenvalue weighted by molar-refractivity contribution is -0.132. The number of halogens is 5. The van der Waals surface area contributed by atoms with Crippen molar-refractivity contribution in [2.45, 2.75) is 26.7 Å². The average molecular weight is 344 g/mol. The second-order valence-corrected chi connectivity index (χ2v) is 5.28. The van der Waals surface area contributed by atoms with E-state index in [0.29, 0.717) is 17.7 Å². The van der Waals surface area contributed by atoms with Crippen LogP contribution in [0.4, 0.5) is 22.0 Å². The molecule has 0 spiro atoms. The van der Waals surface area contributed by atoms with Crippen LogP contribution in [0, 0.1) is 31.3 Å². The lowest BCUT2D eigenvalue weighted by Gasteiger charge is -2.22. The molecule has 0 aromatic heterocycles. The fraction of sp³-hybridized carbons (Fsp3) is 0.235. The number of aryl methyl sites for hydroxylation is 1. The largest absolute Gasteiger partial charge is 0.426 e. The number of hydrogen-bond acceptors (Lipinski definition) is 2. The molecule has 0 aliphatic carbocycles. The summed E-state index contributed by atoms with van der Waals surface area (Å²) in [4.78, 5) is 11.1. The molecule has 0 atom stereocenters. The smallest absolute Gasteiger partial charge is 0.308 e. The number of hydrogen-bond donors (Lipinski definition) is 0. The Kier molecular flexibility index (Phi) is 4.64. The molecule has 0 N–H and O–H groups in total. The standard InChI is InChI=1S/C17H13F5O2/c1-8-4-5-11(9(2)16(8)24-10(3)23)17(21,22)12-6-7-13(18)15(20)14(12)19/h4-7H,1-3H3. The lowest BCUT2D eigenvalue weighted by Crippen LogP contribution is -2.21. The summed E-state index contributed by atoms with van der Waals surface area (Å²) in [5.41, 5.74) is -1.65. The third-order valence-electron chi connectivity index (χ3n) is 3.56. The molecule has 2 rings (SSSR count). The molecule has 0 saturated heterocycles. The zero-order valence-electron chi connectivity index (χ0n) is 13.0. The molecule has 2 nitrogen and oxygen atoms in total. The number of carbonyl (C=O) groups is 1. The van der Waals surface area contributed by atoms with Gasteiger partial charge in [-0.25, -0.2) is 13.2 Å². The molecule has 0 saturated carbocycles. The third-order valence-corrected chi connectivity index (χ3v) is 3.56. The normalized spacial score (nSPS) is 11.5. The zero-order chi connectivity index (χ0) is 18.2. The molecular formula is C17H13F5O2. The summed E-state index contributed by atoms with van der Waals surface area (Å²) in [5.74, 6) is -10.2. The van der Waals surface area contributed by atoms with Crippen molar-refractivity contribution in [1.29, 1.82) is 0 Å². The second-order valence-electron chi connectivity index (χ2n) is 5.28. The van der Waals surface area contributed by atoms with Gasteiger partial charge in [-0.3, -0.25) is 4.79 Å². The fourth-order valence-corrected chi connectivity index (χ4v) is 2.38. The summed E-state index contributed by atoms with van der Waals surface area (Å²) in [6.45, 7) is 3.93. The van der Waals surface area contributed by atoms with E-state index >= 15 is 0 Å². The van der Waals surface area contributed by atoms with Crippen molar-refractivity contribution >= 4 is 5.97 Å². The third kappa shape index (κ3) is 2.98. The predicted molar refractivity (Wildman–Crippen MR) is 76.5 cm³/mol. The molecule has 0 amide bonds. The summed E-state index contributed by atoms with van der Waals surface area (Å²) < 4.78 is 74.4. The number of alkyl halides is 2. The van der Waals surface area contributed by atoms with Gasteiger partial charge in [0, 0.05) is 18.1 Å². The van der Waals surface area contributed by atoms with E-state index in [4.69, 9.17) is 4.74 Å². The highest BCUT2D eigenvalue weighted by Crippen LogP contribution is 2.42. The van der Waals surface area contributed by atoms with Crippen LogP contribution in [0.15, 0.2) is 24.3 Å². The first kappa shape index (κ1) is 17.9. The minimum Gasteiger partial charge on any atom is -0.426 e. The maximum atomic E-state index is 14.7. The van der Waals surface area contributed by atoms with Gasteiger partial charge in [0.15, 0.2) is 17.5 Å². The van der Waals surface area contributed by atoms with E-state index in [9.17, 15) is 26.7 Å². The number of carbonyl (C=O) groups excluding carboxylic acids is 1. The first-order chi connectivity index (χ1) is 11.1. The van der Waals surface area contributed by atoms with Crippen LogP contribution in [-0.4, -0.2) is 5.97 Å². The van der Waals surface area contributed by atoms with Crippen molar-refractivity contribution in [3.63, 3.8) is 0 Å². The maximum absolute atomic E-state index is 14.7. The topological polar surface area (TPSA) is 26.3 Å². The Labute approximate surface area is 134 Å². The van der Waals surface area contributed by atoms with Crippen LogP contribution in [0.5, 0.6) is 5.75 Å². The Balaban J connectivity index is 2.66. The van der Waals surface area contributed by atoms with Gasteiger partial charge in [-0.05, 0) is 31.5 Å². The number of ether oxygens (including phenoxy) is 1. The average Bonchev–Trinajstić information content (AvgIpc) is 2.48. The van der Waals surface area contributed by atoms with Crippen LogP contribution in [0.2, 0.25) is 0 Å². The van der Waals surface area contributed by atoms with Crippen molar-refractivity contribution < 1.29 is 31.5 Å². The van der Waals surface area contributed by atoms with E-state index in [-0.39, 0.29) is 11.3 Å². The number of benzene rings is 2. The molecule has 0 aliphatic heterocycles. The molecule has 0 aliphatic rings. The Hall–Kier alpha value is -2.44. The number of esters is 1. The lowest BCUT2D eigenvalue weighted by atomic mass is 9.93. The van der Waals surface area contributed by atoms with E-state index in [1.165, 1.54) is 13.0 Å². The second kappa shape index (κ2) is 6.22. The Morgan fingerprint density at radius 2 is 1.54 bits per heavy atom. The summed E-state index contributed by atoms with van der Waals surface area (Å²) in [7, 11) is 0. The van der Waals surface area contributed by atoms with Gasteiger partial charge in [0.2, 0.25) is 0 Å². The molecule has 7 heteroatoms. The van der Waals surface area contributed by atoms with Gasteiger partial charge >= 0.3 is 11.9 Å². The van der Waals surface area contributed by atoms with Crippen molar-refractivity contribution in [1.82, 2.24) is 0 Å². The first-order valence-electron chi connectivity index (χ1n) is 6.88. The van der Waals surface area contributed by atoms with Crippen molar-refractivity contribution in [3.8, 4) is 5.75 Å². The molecule has 0 heterocycles. The van der Waals surface area contributed by atoms with E-state index in [1.54, 1.807) is 6.92 Å². The van der Waals surface area contributed by atoms with Gasteiger partial charge in [0.05, 0.1) is 5.56 Å². The summed E-state index contributed by atoms with van der Waals surface area (Å²) >= 11 is 0. The van der Waals surface area contributed by atoms with Crippen LogP contribution in [0.3, 0.4) is 0 Å². The van der Waals surface area contributed by atoms with Crippen LogP contribution >= 0.6 is 0 Å². The minimum absolute atomic E-state index is 0.0809. The molecule has 2 aromatic carbocycles. The highest BCUT2D eigenvalue weighted by atomic mass is 19.3. The Morgan fingerprint density at radius 1 is 0.958 bits per heavy atom. The minimum atomic E-state index is -3.95. The molecule has 24 heavy (non-hydrogen) atoms. The van der Waals surface area contributed by atoms with Crippen LogP contribution in [0.25, 0.3) is 0 Å². The van der Waals surface area contributed by atoms with Gasteiger partial charge in [-0.15, -0.1) is 0 Å². The highest BCUT2D eigenvalue weighted by molar-refractivity contribution is 5.71. The molecule has 0 fully saturated rings. The molecule has 0 unspecified atom stereocenters. The molecule has 128 valence electrons. The first-order valence-corrected chi connectivity index (χ1v) is 6.88. The molecular weight excluding hydrogens is 331 g/mol. The fourth-order valence-electron chi connectivity index (χ4n) is 2.38. The van der Waals surface area contributed by atoms with Gasteiger partial charge in [0.1, 0.15) is 5.75 Å². The van der Waals surface area contributed by atoms with Crippen molar-refractivity contribution in [2.75, 3.05) is 0 Å². The van der Waals surface area contributed by atoms with Crippen molar-refractivity contribution in [3.05, 3.63) is 64.0 Å². The van der Waals surface area contributed by atoms with Gasteiger partial charge in [-0.1, -0.05) is 12.1 Å². The predicted octanol–water partition coefficient (Wildman–Crippen LogP) is 4.79. The van der Waals surface area contributed by atoms with Crippen LogP contribution in [-0.2, 0) is 10.7 Å². The Bertz CT molecular complexity index is 815. The quantitative estimate of drug-likeness (QED) is 0.346. The summed E-state index contributed by atoms with van der Waals surface area (Å²) in [6.07, 6.45) is 0. The zero-order valence-corrected chi connectivity index (χ0v) is 13.0. The van der Waals surface area contributed by atoms with Crippen molar-refractivity contribution in [2.24, 2.45) is 0 Å². The monoisotopic (exact) mass is 344 g/mol. The van der Waals surface area contributed by atoms with E-state index < -0.39 is 40.5 Å². The summed E-state index contributed by atoms with van der Waals surface area (Å²) in [6, 6.07) is 3.21. The van der Waals surface area contributed by atoms with Gasteiger partial charge in [-0.2, -0.15) is 8.78 Å².